The van der Waals surface area contributed by atoms with Crippen LogP contribution in [0.3, 0.4) is 0 Å². The van der Waals surface area contributed by atoms with Gasteiger partial charge in [-0.05, 0) is 55.3 Å². The van der Waals surface area contributed by atoms with Gasteiger partial charge in [-0.1, -0.05) is 29.8 Å². The third-order valence-electron chi connectivity index (χ3n) is 3.53. The molecular formula is C17H16ClNO. The van der Waals surface area contributed by atoms with Crippen molar-refractivity contribution in [2.24, 2.45) is 0 Å². The molecule has 0 saturated carbocycles. The van der Waals surface area contributed by atoms with E-state index >= 15 is 0 Å². The monoisotopic (exact) mass is 285 g/mol. The van der Waals surface area contributed by atoms with E-state index in [1.54, 1.807) is 12.4 Å². The van der Waals surface area contributed by atoms with Crippen molar-refractivity contribution in [3.05, 3.63) is 77.1 Å². The van der Waals surface area contributed by atoms with E-state index < -0.39 is 5.60 Å². The Balaban J connectivity index is 2.15. The second-order valence-corrected chi connectivity index (χ2v) is 5.95. The van der Waals surface area contributed by atoms with Gasteiger partial charge in [-0.2, -0.15) is 0 Å². The van der Waals surface area contributed by atoms with Crippen LogP contribution in [0.1, 0.15) is 25.0 Å². The number of ether oxygens (including phenoxy) is 1. The molecule has 0 spiro atoms. The maximum atomic E-state index is 6.37. The van der Waals surface area contributed by atoms with Gasteiger partial charge in [0.2, 0.25) is 0 Å². The molecule has 0 radical (unpaired) electrons. The van der Waals surface area contributed by atoms with Gasteiger partial charge in [-0.3, -0.25) is 4.98 Å². The van der Waals surface area contributed by atoms with Crippen molar-refractivity contribution in [2.75, 3.05) is 0 Å². The Hall–Kier alpha value is -1.64. The second-order valence-electron chi connectivity index (χ2n) is 5.52. The number of halogens is 1. The van der Waals surface area contributed by atoms with E-state index in [1.807, 2.05) is 36.4 Å². The van der Waals surface area contributed by atoms with Crippen molar-refractivity contribution in [3.63, 3.8) is 0 Å². The lowest BCUT2D eigenvalue weighted by atomic mass is 9.87. The molecule has 1 aliphatic heterocycles. The molecule has 0 aliphatic carbocycles. The highest BCUT2D eigenvalue weighted by atomic mass is 35.5. The number of hydrogen-bond donors (Lipinski definition) is 0. The molecule has 2 heterocycles. The molecule has 0 bridgehead atoms. The smallest absolute Gasteiger partial charge is 0.138 e. The van der Waals surface area contributed by atoms with E-state index in [2.05, 4.69) is 31.0 Å². The molecule has 0 fully saturated rings. The van der Waals surface area contributed by atoms with Gasteiger partial charge in [0.15, 0.2) is 0 Å². The van der Waals surface area contributed by atoms with E-state index in [0.717, 1.165) is 16.1 Å². The third kappa shape index (κ3) is 2.26. The molecule has 0 unspecified atom stereocenters. The van der Waals surface area contributed by atoms with Gasteiger partial charge < -0.3 is 4.74 Å². The number of rotatable bonds is 2. The normalized spacial score (nSPS) is 23.9. The second kappa shape index (κ2) is 4.72. The zero-order valence-electron chi connectivity index (χ0n) is 11.5. The van der Waals surface area contributed by atoms with Crippen molar-refractivity contribution in [1.29, 1.82) is 0 Å². The molecule has 0 amide bonds. The van der Waals surface area contributed by atoms with Crippen LogP contribution in [0.25, 0.3) is 0 Å². The van der Waals surface area contributed by atoms with Gasteiger partial charge in [0, 0.05) is 17.4 Å². The van der Waals surface area contributed by atoms with Gasteiger partial charge >= 0.3 is 0 Å². The van der Waals surface area contributed by atoms with Crippen molar-refractivity contribution in [3.8, 4) is 0 Å². The topological polar surface area (TPSA) is 22.1 Å². The molecule has 0 N–H and O–H groups in total. The molecule has 1 atom stereocenters. The highest BCUT2D eigenvalue weighted by Gasteiger charge is 2.42. The zero-order valence-corrected chi connectivity index (χ0v) is 12.3. The van der Waals surface area contributed by atoms with E-state index in [0.29, 0.717) is 0 Å². The van der Waals surface area contributed by atoms with Gasteiger partial charge in [-0.15, -0.1) is 0 Å². The minimum absolute atomic E-state index is 0.303. The predicted octanol–water partition coefficient (Wildman–Crippen LogP) is 4.34. The van der Waals surface area contributed by atoms with Crippen molar-refractivity contribution < 1.29 is 4.74 Å². The Bertz CT molecular complexity index is 634. The minimum atomic E-state index is -0.572. The van der Waals surface area contributed by atoms with E-state index in [4.69, 9.17) is 16.3 Å². The third-order valence-corrected chi connectivity index (χ3v) is 3.78. The molecule has 2 aromatic rings. The first-order valence-electron chi connectivity index (χ1n) is 6.59. The number of benzene rings is 1. The van der Waals surface area contributed by atoms with Crippen molar-refractivity contribution >= 4 is 11.6 Å². The fourth-order valence-corrected chi connectivity index (χ4v) is 2.70. The Morgan fingerprint density at radius 3 is 2.05 bits per heavy atom. The number of aromatic nitrogens is 1. The predicted molar refractivity (Wildman–Crippen MR) is 80.8 cm³/mol. The maximum absolute atomic E-state index is 6.37. The van der Waals surface area contributed by atoms with Crippen LogP contribution in [0.5, 0.6) is 0 Å². The average Bonchev–Trinajstić information content (AvgIpc) is 2.78. The van der Waals surface area contributed by atoms with Gasteiger partial charge in [0.25, 0.3) is 0 Å². The summed E-state index contributed by atoms with van der Waals surface area (Å²) in [6, 6.07) is 11.8. The molecule has 3 heteroatoms. The molecule has 2 nitrogen and oxygen atoms in total. The minimum Gasteiger partial charge on any atom is -0.352 e. The first kappa shape index (κ1) is 13.3. The van der Waals surface area contributed by atoms with Gasteiger partial charge in [-0.25, -0.2) is 0 Å². The summed E-state index contributed by atoms with van der Waals surface area (Å²) in [5.74, 6) is 0. The first-order chi connectivity index (χ1) is 9.52. The summed E-state index contributed by atoms with van der Waals surface area (Å²) in [6.45, 7) is 4.12. The molecular weight excluding hydrogens is 270 g/mol. The first-order valence-corrected chi connectivity index (χ1v) is 6.97. The highest BCUT2D eigenvalue weighted by Crippen LogP contribution is 2.43. The fraction of sp³-hybridized carbons (Fsp3) is 0.235. The molecule has 20 heavy (non-hydrogen) atoms. The summed E-state index contributed by atoms with van der Waals surface area (Å²) in [5.41, 5.74) is 1.26. The summed E-state index contributed by atoms with van der Waals surface area (Å²) in [5, 5.41) is 0.722. The molecule has 3 rings (SSSR count). The van der Waals surface area contributed by atoms with E-state index in [9.17, 15) is 0 Å². The zero-order chi connectivity index (χ0) is 14.2. The lowest BCUT2D eigenvalue weighted by molar-refractivity contribution is -0.0499. The maximum Gasteiger partial charge on any atom is 0.138 e. The Morgan fingerprint density at radius 2 is 1.50 bits per heavy atom. The SMILES string of the molecule is CC1(C)C=C[C@@](c2ccncc2)(c2ccc(Cl)cc2)O1. The van der Waals surface area contributed by atoms with Crippen molar-refractivity contribution in [2.45, 2.75) is 25.0 Å². The standard InChI is InChI=1S/C17H16ClNO/c1-16(2)9-10-17(20-16,14-7-11-19-12-8-14)13-3-5-15(18)6-4-13/h3-12H,1-2H3/t17-/m0/s1. The van der Waals surface area contributed by atoms with Crippen LogP contribution in [-0.4, -0.2) is 10.6 Å². The van der Waals surface area contributed by atoms with Crippen LogP contribution >= 0.6 is 11.6 Å². The van der Waals surface area contributed by atoms with Crippen LogP contribution in [0.4, 0.5) is 0 Å². The van der Waals surface area contributed by atoms with Crippen molar-refractivity contribution in [1.82, 2.24) is 4.98 Å². The van der Waals surface area contributed by atoms with Gasteiger partial charge in [0.1, 0.15) is 5.60 Å². The number of nitrogens with zero attached hydrogens (tertiary/aromatic N) is 1. The van der Waals surface area contributed by atoms with Crippen LogP contribution in [0, 0.1) is 0 Å². The highest BCUT2D eigenvalue weighted by molar-refractivity contribution is 6.30. The van der Waals surface area contributed by atoms with Crippen LogP contribution in [0.2, 0.25) is 5.02 Å². The number of hydrogen-bond acceptors (Lipinski definition) is 2. The summed E-state index contributed by atoms with van der Waals surface area (Å²) in [6.07, 6.45) is 7.79. The average molecular weight is 286 g/mol. The quantitative estimate of drug-likeness (QED) is 0.766. The van der Waals surface area contributed by atoms with Gasteiger partial charge in [0.05, 0.1) is 5.60 Å². The van der Waals surface area contributed by atoms with Crippen LogP contribution in [0.15, 0.2) is 60.9 Å². The summed E-state index contributed by atoms with van der Waals surface area (Å²) in [7, 11) is 0. The molecule has 1 aromatic heterocycles. The summed E-state index contributed by atoms with van der Waals surface area (Å²) < 4.78 is 6.37. The number of pyridine rings is 1. The largest absolute Gasteiger partial charge is 0.352 e. The summed E-state index contributed by atoms with van der Waals surface area (Å²) in [4.78, 5) is 4.09. The molecule has 1 aromatic carbocycles. The fourth-order valence-electron chi connectivity index (χ4n) is 2.57. The Labute approximate surface area is 124 Å². The lowest BCUT2D eigenvalue weighted by Gasteiger charge is -2.33. The Kier molecular flexibility index (Phi) is 3.15. The van der Waals surface area contributed by atoms with Crippen LogP contribution in [-0.2, 0) is 10.3 Å². The van der Waals surface area contributed by atoms with E-state index in [1.165, 1.54) is 0 Å². The lowest BCUT2D eigenvalue weighted by Crippen LogP contribution is -2.32. The van der Waals surface area contributed by atoms with E-state index in [-0.39, 0.29) is 5.60 Å². The molecule has 0 saturated heterocycles. The molecule has 1 aliphatic rings. The summed E-state index contributed by atoms with van der Waals surface area (Å²) >= 11 is 6.00. The molecule has 102 valence electrons. The Morgan fingerprint density at radius 1 is 0.900 bits per heavy atom. The van der Waals surface area contributed by atoms with Crippen LogP contribution < -0.4 is 0 Å².